The van der Waals surface area contributed by atoms with Crippen LogP contribution in [0.1, 0.15) is 62.8 Å². The SMILES string of the molecule is CCc1ccc2c(-c3ccc4c(c3)C(CC)(CC)c3cc(-c5c6ccccc6c(-c6ccccc6)c6cc(CC)ccc56)ccc3-4)c3ccccc3c(-c3ccccc3)c2c1. The summed E-state index contributed by atoms with van der Waals surface area (Å²) in [5, 5.41) is 10.5. The van der Waals surface area contributed by atoms with Crippen LogP contribution in [-0.2, 0) is 18.3 Å². The van der Waals surface area contributed by atoms with Gasteiger partial charge in [0.15, 0.2) is 0 Å². The number of hydrogen-bond donors (Lipinski definition) is 0. The second-order valence-corrected chi connectivity index (χ2v) is 17.1. The average molecular weight is 783 g/mol. The summed E-state index contributed by atoms with van der Waals surface area (Å²) >= 11 is 0. The van der Waals surface area contributed by atoms with Crippen LogP contribution in [0.4, 0.5) is 0 Å². The van der Waals surface area contributed by atoms with Gasteiger partial charge in [0, 0.05) is 5.41 Å². The minimum atomic E-state index is -0.118. The van der Waals surface area contributed by atoms with Gasteiger partial charge < -0.3 is 0 Å². The Morgan fingerprint density at radius 2 is 0.639 bits per heavy atom. The van der Waals surface area contributed by atoms with Crippen molar-refractivity contribution in [2.45, 2.75) is 58.8 Å². The molecule has 61 heavy (non-hydrogen) atoms. The summed E-state index contributed by atoms with van der Waals surface area (Å²) in [6.45, 7) is 9.33. The first kappa shape index (κ1) is 37.3. The first-order chi connectivity index (χ1) is 30.1. The van der Waals surface area contributed by atoms with Crippen LogP contribution in [-0.4, -0.2) is 0 Å². The van der Waals surface area contributed by atoms with Crippen molar-refractivity contribution < 1.29 is 0 Å². The molecule has 0 spiro atoms. The van der Waals surface area contributed by atoms with E-state index < -0.39 is 0 Å². The lowest BCUT2D eigenvalue weighted by molar-refractivity contribution is 0.491. The van der Waals surface area contributed by atoms with E-state index in [0.29, 0.717) is 0 Å². The highest BCUT2D eigenvalue weighted by Crippen LogP contribution is 2.56. The molecule has 0 fully saturated rings. The first-order valence-corrected chi connectivity index (χ1v) is 22.4. The van der Waals surface area contributed by atoms with E-state index in [1.165, 1.54) is 121 Å². The van der Waals surface area contributed by atoms with Gasteiger partial charge in [-0.05, 0) is 159 Å². The number of benzene rings is 10. The van der Waals surface area contributed by atoms with Crippen molar-refractivity contribution in [1.82, 2.24) is 0 Å². The third-order valence-electron chi connectivity index (χ3n) is 14.3. The van der Waals surface area contributed by atoms with E-state index in [0.717, 1.165) is 25.7 Å². The maximum atomic E-state index is 2.57. The Labute approximate surface area is 360 Å². The minimum Gasteiger partial charge on any atom is -0.0642 e. The fraction of sp³-hybridized carbons (Fsp3) is 0.148. The van der Waals surface area contributed by atoms with Gasteiger partial charge in [-0.2, -0.15) is 0 Å². The Hall–Kier alpha value is -6.76. The molecule has 1 aliphatic rings. The summed E-state index contributed by atoms with van der Waals surface area (Å²) in [6, 6.07) is 69.3. The molecule has 0 amide bonds. The Morgan fingerprint density at radius 3 is 1.00 bits per heavy atom. The molecule has 0 bridgehead atoms. The molecule has 0 saturated heterocycles. The highest BCUT2D eigenvalue weighted by atomic mass is 14.4. The van der Waals surface area contributed by atoms with Gasteiger partial charge in [0.05, 0.1) is 0 Å². The lowest BCUT2D eigenvalue weighted by atomic mass is 9.72. The highest BCUT2D eigenvalue weighted by molar-refractivity contribution is 6.23. The quantitative estimate of drug-likeness (QED) is 0.135. The van der Waals surface area contributed by atoms with Gasteiger partial charge in [0.25, 0.3) is 0 Å². The van der Waals surface area contributed by atoms with E-state index in [9.17, 15) is 0 Å². The van der Waals surface area contributed by atoms with Crippen molar-refractivity contribution >= 4 is 43.1 Å². The van der Waals surface area contributed by atoms with E-state index in [4.69, 9.17) is 0 Å². The van der Waals surface area contributed by atoms with Crippen molar-refractivity contribution in [1.29, 1.82) is 0 Å². The molecule has 0 N–H and O–H groups in total. The van der Waals surface area contributed by atoms with E-state index in [-0.39, 0.29) is 5.41 Å². The Balaban J connectivity index is 1.14. The minimum absolute atomic E-state index is 0.118. The molecule has 0 aliphatic heterocycles. The summed E-state index contributed by atoms with van der Waals surface area (Å²) in [7, 11) is 0. The van der Waals surface area contributed by atoms with Crippen LogP contribution in [0.5, 0.6) is 0 Å². The molecule has 0 saturated carbocycles. The van der Waals surface area contributed by atoms with Crippen LogP contribution < -0.4 is 0 Å². The second kappa shape index (κ2) is 14.8. The standard InChI is InChI=1S/C61H50/c1-5-39-27-31-51-53(35-39)57(41-19-11-9-12-20-41)47-23-15-17-25-49(47)59(51)43-29-33-45-46-34-30-44(38-56(46)61(7-3,8-4)55(45)37-43)60-50-26-18-16-24-48(50)58(42-21-13-10-14-22-42)54-36-40(6-2)28-32-52(54)60/h9-38H,5-8H2,1-4H3. The molecular formula is C61H50. The van der Waals surface area contributed by atoms with Crippen molar-refractivity contribution in [2.75, 3.05) is 0 Å². The molecule has 0 atom stereocenters. The highest BCUT2D eigenvalue weighted by Gasteiger charge is 2.41. The number of hydrogen-bond acceptors (Lipinski definition) is 0. The normalized spacial score (nSPS) is 13.0. The van der Waals surface area contributed by atoms with Gasteiger partial charge in [-0.15, -0.1) is 0 Å². The number of rotatable bonds is 8. The third kappa shape index (κ3) is 5.65. The van der Waals surface area contributed by atoms with Crippen LogP contribution in [0.15, 0.2) is 182 Å². The fourth-order valence-corrected chi connectivity index (χ4v) is 11.2. The average Bonchev–Trinajstić information content (AvgIpc) is 3.60. The molecule has 11 rings (SSSR count). The topological polar surface area (TPSA) is 0 Å². The van der Waals surface area contributed by atoms with Crippen molar-refractivity contribution in [2.24, 2.45) is 0 Å². The van der Waals surface area contributed by atoms with Gasteiger partial charge >= 0.3 is 0 Å². The lowest BCUT2D eigenvalue weighted by Gasteiger charge is -2.30. The predicted octanol–water partition coefficient (Wildman–Crippen LogP) is 17.2. The first-order valence-electron chi connectivity index (χ1n) is 22.4. The maximum Gasteiger partial charge on any atom is 0.0210 e. The smallest absolute Gasteiger partial charge is 0.0210 e. The molecule has 1 aliphatic carbocycles. The third-order valence-corrected chi connectivity index (χ3v) is 14.3. The van der Waals surface area contributed by atoms with Crippen LogP contribution in [0.3, 0.4) is 0 Å². The van der Waals surface area contributed by atoms with Crippen LogP contribution in [0.25, 0.3) is 98.7 Å². The Morgan fingerprint density at radius 1 is 0.295 bits per heavy atom. The molecule has 0 heteroatoms. The van der Waals surface area contributed by atoms with Crippen LogP contribution in [0.2, 0.25) is 0 Å². The number of aryl methyl sites for hydroxylation is 2. The fourth-order valence-electron chi connectivity index (χ4n) is 11.2. The van der Waals surface area contributed by atoms with Gasteiger partial charge in [-0.1, -0.05) is 198 Å². The summed E-state index contributed by atoms with van der Waals surface area (Å²) in [4.78, 5) is 0. The molecule has 10 aromatic rings. The second-order valence-electron chi connectivity index (χ2n) is 17.1. The lowest BCUT2D eigenvalue weighted by Crippen LogP contribution is -2.23. The molecular weight excluding hydrogens is 733 g/mol. The Kier molecular flexibility index (Phi) is 9.01. The zero-order valence-corrected chi connectivity index (χ0v) is 35.6. The van der Waals surface area contributed by atoms with E-state index in [2.05, 4.69) is 210 Å². The summed E-state index contributed by atoms with van der Waals surface area (Å²) in [5.74, 6) is 0. The van der Waals surface area contributed by atoms with Crippen LogP contribution >= 0.6 is 0 Å². The van der Waals surface area contributed by atoms with Gasteiger partial charge in [-0.25, -0.2) is 0 Å². The number of fused-ring (bicyclic) bond motifs is 7. The van der Waals surface area contributed by atoms with Crippen molar-refractivity contribution in [3.63, 3.8) is 0 Å². The molecule has 0 radical (unpaired) electrons. The summed E-state index contributed by atoms with van der Waals surface area (Å²) in [5.41, 5.74) is 18.7. The maximum absolute atomic E-state index is 2.57. The summed E-state index contributed by atoms with van der Waals surface area (Å²) < 4.78 is 0. The molecule has 294 valence electrons. The Bertz CT molecular complexity index is 3100. The van der Waals surface area contributed by atoms with Gasteiger partial charge in [-0.3, -0.25) is 0 Å². The van der Waals surface area contributed by atoms with Gasteiger partial charge in [0.1, 0.15) is 0 Å². The molecule has 0 heterocycles. The monoisotopic (exact) mass is 782 g/mol. The molecule has 0 nitrogen and oxygen atoms in total. The van der Waals surface area contributed by atoms with Crippen molar-refractivity contribution in [3.8, 4) is 55.6 Å². The molecule has 0 aromatic heterocycles. The van der Waals surface area contributed by atoms with E-state index in [1.807, 2.05) is 0 Å². The van der Waals surface area contributed by atoms with Gasteiger partial charge in [0.2, 0.25) is 0 Å². The van der Waals surface area contributed by atoms with E-state index >= 15 is 0 Å². The zero-order valence-electron chi connectivity index (χ0n) is 35.6. The van der Waals surface area contributed by atoms with E-state index in [1.54, 1.807) is 0 Å². The molecule has 0 unspecified atom stereocenters. The zero-order chi connectivity index (χ0) is 41.2. The molecule has 10 aromatic carbocycles. The predicted molar refractivity (Wildman–Crippen MR) is 264 cm³/mol. The van der Waals surface area contributed by atoms with Crippen molar-refractivity contribution in [3.05, 3.63) is 204 Å². The largest absolute Gasteiger partial charge is 0.0642 e. The summed E-state index contributed by atoms with van der Waals surface area (Å²) in [6.07, 6.45) is 4.06. The van der Waals surface area contributed by atoms with Crippen LogP contribution in [0, 0.1) is 0 Å².